The van der Waals surface area contributed by atoms with E-state index in [4.69, 9.17) is 11.6 Å². The fraction of sp³-hybridized carbons (Fsp3) is 0.150. The van der Waals surface area contributed by atoms with E-state index in [2.05, 4.69) is 38.0 Å². The van der Waals surface area contributed by atoms with E-state index in [1.807, 2.05) is 26.0 Å². The second-order valence-electron chi connectivity index (χ2n) is 6.61. The van der Waals surface area contributed by atoms with Crippen LogP contribution in [-0.4, -0.2) is 30.3 Å². The van der Waals surface area contributed by atoms with Crippen LogP contribution in [0.25, 0.3) is 17.2 Å². The van der Waals surface area contributed by atoms with Gasteiger partial charge in [0, 0.05) is 22.1 Å². The number of rotatable bonds is 4. The molecule has 0 bridgehead atoms. The predicted octanol–water partition coefficient (Wildman–Crippen LogP) is 4.62. The standard InChI is InChI=1S/C20H17ClN6OS/c1-11-7-8-16(12(2)9-11)27-13(3)17(24-26-27)18-22-20(29-25-18)23-19(28)14-5-4-6-15(21)10-14/h4-10H,1-3H3,(H,22,23,25,28). The minimum Gasteiger partial charge on any atom is -0.297 e. The maximum atomic E-state index is 12.4. The highest BCUT2D eigenvalue weighted by Gasteiger charge is 2.18. The highest BCUT2D eigenvalue weighted by molar-refractivity contribution is 7.10. The first-order chi connectivity index (χ1) is 13.9. The van der Waals surface area contributed by atoms with Crippen molar-refractivity contribution in [2.75, 3.05) is 5.32 Å². The number of carbonyl (C=O) groups is 1. The van der Waals surface area contributed by atoms with Gasteiger partial charge >= 0.3 is 0 Å². The monoisotopic (exact) mass is 424 g/mol. The number of nitrogens with zero attached hydrogens (tertiary/aromatic N) is 5. The van der Waals surface area contributed by atoms with Crippen LogP contribution >= 0.6 is 23.1 Å². The molecule has 7 nitrogen and oxygen atoms in total. The maximum absolute atomic E-state index is 12.4. The van der Waals surface area contributed by atoms with E-state index < -0.39 is 0 Å². The molecule has 0 aliphatic heterocycles. The molecule has 2 heterocycles. The van der Waals surface area contributed by atoms with Crippen molar-refractivity contribution >= 4 is 34.2 Å². The SMILES string of the molecule is Cc1ccc(-n2nnc(-c3nsc(NC(=O)c4cccc(Cl)c4)n3)c2C)c(C)c1. The largest absolute Gasteiger partial charge is 0.297 e. The van der Waals surface area contributed by atoms with Crippen molar-refractivity contribution in [1.82, 2.24) is 24.4 Å². The molecule has 4 aromatic rings. The summed E-state index contributed by atoms with van der Waals surface area (Å²) in [5.41, 5.74) is 5.09. The Labute approximate surface area is 176 Å². The highest BCUT2D eigenvalue weighted by atomic mass is 35.5. The molecule has 1 N–H and O–H groups in total. The number of carbonyl (C=O) groups excluding carboxylic acids is 1. The Morgan fingerprint density at radius 3 is 2.72 bits per heavy atom. The third-order valence-corrected chi connectivity index (χ3v) is 5.29. The fourth-order valence-corrected chi connectivity index (χ4v) is 3.73. The number of aryl methyl sites for hydroxylation is 2. The van der Waals surface area contributed by atoms with Gasteiger partial charge in [0.25, 0.3) is 5.91 Å². The molecule has 0 unspecified atom stereocenters. The van der Waals surface area contributed by atoms with Gasteiger partial charge in [-0.2, -0.15) is 9.36 Å². The van der Waals surface area contributed by atoms with Crippen molar-refractivity contribution in [3.8, 4) is 17.2 Å². The van der Waals surface area contributed by atoms with Crippen molar-refractivity contribution in [2.24, 2.45) is 0 Å². The number of nitrogens with one attached hydrogen (secondary N) is 1. The van der Waals surface area contributed by atoms with Gasteiger partial charge in [-0.05, 0) is 50.6 Å². The van der Waals surface area contributed by atoms with Crippen molar-refractivity contribution in [1.29, 1.82) is 0 Å². The summed E-state index contributed by atoms with van der Waals surface area (Å²) >= 11 is 7.03. The predicted molar refractivity (Wildman–Crippen MR) is 114 cm³/mol. The summed E-state index contributed by atoms with van der Waals surface area (Å²) in [5.74, 6) is 0.121. The Morgan fingerprint density at radius 1 is 1.14 bits per heavy atom. The Bertz CT molecular complexity index is 1220. The van der Waals surface area contributed by atoms with Gasteiger partial charge in [0.05, 0.1) is 11.4 Å². The summed E-state index contributed by atoms with van der Waals surface area (Å²) in [5, 5.41) is 12.1. The second kappa shape index (κ2) is 7.73. The van der Waals surface area contributed by atoms with E-state index in [1.54, 1.807) is 28.9 Å². The van der Waals surface area contributed by atoms with Gasteiger partial charge in [-0.3, -0.25) is 10.1 Å². The maximum Gasteiger partial charge on any atom is 0.257 e. The molecule has 1 amide bonds. The first-order valence-corrected chi connectivity index (χ1v) is 9.98. The van der Waals surface area contributed by atoms with Gasteiger partial charge in [-0.1, -0.05) is 40.6 Å². The number of hydrogen-bond donors (Lipinski definition) is 1. The average Bonchev–Trinajstić information content (AvgIpc) is 3.28. The van der Waals surface area contributed by atoms with E-state index in [-0.39, 0.29) is 5.91 Å². The molecular formula is C20H17ClN6OS. The number of aromatic nitrogens is 5. The van der Waals surface area contributed by atoms with Crippen LogP contribution in [0.2, 0.25) is 5.02 Å². The molecule has 9 heteroatoms. The van der Waals surface area contributed by atoms with Crippen molar-refractivity contribution in [3.63, 3.8) is 0 Å². The summed E-state index contributed by atoms with van der Waals surface area (Å²) in [4.78, 5) is 16.8. The average molecular weight is 425 g/mol. The normalized spacial score (nSPS) is 10.9. The first kappa shape index (κ1) is 19.2. The second-order valence-corrected chi connectivity index (χ2v) is 7.80. The molecule has 0 saturated carbocycles. The smallest absolute Gasteiger partial charge is 0.257 e. The van der Waals surface area contributed by atoms with Crippen LogP contribution in [0, 0.1) is 20.8 Å². The minimum absolute atomic E-state index is 0.300. The molecule has 2 aromatic heterocycles. The summed E-state index contributed by atoms with van der Waals surface area (Å²) in [6.07, 6.45) is 0. The number of anilines is 1. The van der Waals surface area contributed by atoms with Crippen molar-refractivity contribution in [2.45, 2.75) is 20.8 Å². The van der Waals surface area contributed by atoms with Gasteiger partial charge in [0.15, 0.2) is 11.5 Å². The molecule has 29 heavy (non-hydrogen) atoms. The number of halogens is 1. The van der Waals surface area contributed by atoms with Crippen molar-refractivity contribution < 1.29 is 4.79 Å². The topological polar surface area (TPSA) is 85.6 Å². The fourth-order valence-electron chi connectivity index (χ4n) is 2.98. The Balaban J connectivity index is 1.59. The van der Waals surface area contributed by atoms with E-state index in [0.717, 1.165) is 28.5 Å². The molecule has 0 aliphatic rings. The quantitative estimate of drug-likeness (QED) is 0.516. The lowest BCUT2D eigenvalue weighted by atomic mass is 10.1. The van der Waals surface area contributed by atoms with E-state index in [9.17, 15) is 4.79 Å². The van der Waals surface area contributed by atoms with Crippen LogP contribution < -0.4 is 5.32 Å². The van der Waals surface area contributed by atoms with Crippen LogP contribution in [0.3, 0.4) is 0 Å². The van der Waals surface area contributed by atoms with Crippen LogP contribution in [0.15, 0.2) is 42.5 Å². The molecule has 0 fully saturated rings. The van der Waals surface area contributed by atoms with Crippen LogP contribution in [0.1, 0.15) is 27.2 Å². The summed E-state index contributed by atoms with van der Waals surface area (Å²) in [7, 11) is 0. The van der Waals surface area contributed by atoms with E-state index >= 15 is 0 Å². The molecular weight excluding hydrogens is 408 g/mol. The zero-order valence-corrected chi connectivity index (χ0v) is 17.5. The van der Waals surface area contributed by atoms with Crippen LogP contribution in [0.5, 0.6) is 0 Å². The Kier molecular flexibility index (Phi) is 5.12. The number of amides is 1. The Morgan fingerprint density at radius 2 is 1.97 bits per heavy atom. The molecule has 0 saturated heterocycles. The molecule has 0 aliphatic carbocycles. The molecule has 0 radical (unpaired) electrons. The van der Waals surface area contributed by atoms with Crippen LogP contribution in [-0.2, 0) is 0 Å². The van der Waals surface area contributed by atoms with Crippen molar-refractivity contribution in [3.05, 3.63) is 69.9 Å². The first-order valence-electron chi connectivity index (χ1n) is 8.83. The van der Waals surface area contributed by atoms with Gasteiger partial charge in [0.2, 0.25) is 5.13 Å². The van der Waals surface area contributed by atoms with Gasteiger partial charge in [-0.15, -0.1) is 5.10 Å². The lowest BCUT2D eigenvalue weighted by Crippen LogP contribution is -2.11. The molecule has 0 spiro atoms. The van der Waals surface area contributed by atoms with Crippen LogP contribution in [0.4, 0.5) is 5.13 Å². The summed E-state index contributed by atoms with van der Waals surface area (Å²) < 4.78 is 6.10. The van der Waals surface area contributed by atoms with E-state index in [0.29, 0.717) is 27.2 Å². The Hall–Kier alpha value is -3.10. The third kappa shape index (κ3) is 3.90. The van der Waals surface area contributed by atoms with Gasteiger partial charge < -0.3 is 0 Å². The zero-order chi connectivity index (χ0) is 20.5. The lowest BCUT2D eigenvalue weighted by Gasteiger charge is -2.07. The number of hydrogen-bond acceptors (Lipinski definition) is 6. The third-order valence-electron chi connectivity index (χ3n) is 4.42. The van der Waals surface area contributed by atoms with Gasteiger partial charge in [-0.25, -0.2) is 4.68 Å². The molecule has 2 aromatic carbocycles. The van der Waals surface area contributed by atoms with Gasteiger partial charge in [0.1, 0.15) is 0 Å². The van der Waals surface area contributed by atoms with E-state index in [1.165, 1.54) is 5.56 Å². The highest BCUT2D eigenvalue weighted by Crippen LogP contribution is 2.25. The summed E-state index contributed by atoms with van der Waals surface area (Å²) in [6.45, 7) is 6.00. The molecule has 4 rings (SSSR count). The lowest BCUT2D eigenvalue weighted by molar-refractivity contribution is 0.102. The minimum atomic E-state index is -0.300. The molecule has 146 valence electrons. The zero-order valence-electron chi connectivity index (χ0n) is 16.0. The molecule has 0 atom stereocenters. The number of benzene rings is 2. The summed E-state index contributed by atoms with van der Waals surface area (Å²) in [6, 6.07) is 12.9.